The van der Waals surface area contributed by atoms with E-state index < -0.39 is 0 Å². The lowest BCUT2D eigenvalue weighted by Crippen LogP contribution is -2.15. The average molecular weight is 214 g/mol. The summed E-state index contributed by atoms with van der Waals surface area (Å²) in [5.41, 5.74) is 5.00. The molecule has 3 N–H and O–H groups in total. The molecule has 78 valence electrons. The van der Waals surface area contributed by atoms with Gasteiger partial charge in [-0.3, -0.25) is 4.79 Å². The minimum atomic E-state index is -0.314. The molecule has 0 aliphatic carbocycles. The van der Waals surface area contributed by atoms with Gasteiger partial charge in [-0.05, 0) is 0 Å². The van der Waals surface area contributed by atoms with Crippen molar-refractivity contribution < 1.29 is 4.79 Å². The second-order valence-corrected chi connectivity index (χ2v) is 4.01. The highest BCUT2D eigenvalue weighted by molar-refractivity contribution is 7.09. The first-order valence-corrected chi connectivity index (χ1v) is 5.22. The van der Waals surface area contributed by atoms with E-state index in [1.54, 1.807) is 0 Å². The number of nitrogens with two attached hydrogens (primary N) is 1. The van der Waals surface area contributed by atoms with Crippen molar-refractivity contribution >= 4 is 22.6 Å². The molecule has 6 heteroatoms. The lowest BCUT2D eigenvalue weighted by atomic mass is 10.2. The fourth-order valence-corrected chi connectivity index (χ4v) is 1.57. The number of hydrogen-bond donors (Lipinski definition) is 2. The van der Waals surface area contributed by atoms with Crippen molar-refractivity contribution in [2.24, 2.45) is 5.73 Å². The van der Waals surface area contributed by atoms with Gasteiger partial charge in [0, 0.05) is 30.4 Å². The maximum atomic E-state index is 10.5. The molecule has 1 amide bonds. The van der Waals surface area contributed by atoms with Crippen LogP contribution in [0.3, 0.4) is 0 Å². The molecule has 1 aromatic heterocycles. The highest BCUT2D eigenvalue weighted by Gasteiger charge is 2.06. The van der Waals surface area contributed by atoms with Crippen LogP contribution in [0.4, 0.5) is 5.13 Å². The van der Waals surface area contributed by atoms with Crippen molar-refractivity contribution in [2.75, 3.05) is 11.9 Å². The van der Waals surface area contributed by atoms with E-state index in [-0.39, 0.29) is 5.91 Å². The topological polar surface area (TPSA) is 80.9 Å². The lowest BCUT2D eigenvalue weighted by Gasteiger charge is -1.98. The number of anilines is 1. The normalized spacial score (nSPS) is 10.5. The van der Waals surface area contributed by atoms with E-state index in [1.165, 1.54) is 11.5 Å². The van der Waals surface area contributed by atoms with E-state index in [0.717, 1.165) is 11.0 Å². The van der Waals surface area contributed by atoms with Crippen molar-refractivity contribution in [3.05, 3.63) is 5.82 Å². The molecule has 1 rings (SSSR count). The Labute approximate surface area is 86.9 Å². The Hall–Kier alpha value is -1.17. The molecule has 1 aromatic rings. The maximum Gasteiger partial charge on any atom is 0.219 e. The van der Waals surface area contributed by atoms with Gasteiger partial charge < -0.3 is 11.1 Å². The highest BCUT2D eigenvalue weighted by atomic mass is 32.1. The Morgan fingerprint density at radius 3 is 2.86 bits per heavy atom. The molecule has 14 heavy (non-hydrogen) atoms. The first-order valence-electron chi connectivity index (χ1n) is 4.45. The molecule has 0 saturated heterocycles. The Bertz CT molecular complexity index is 310. The molecule has 0 fully saturated rings. The van der Waals surface area contributed by atoms with Crippen LogP contribution < -0.4 is 11.1 Å². The molecule has 0 bridgehead atoms. The summed E-state index contributed by atoms with van der Waals surface area (Å²) >= 11 is 1.31. The monoisotopic (exact) mass is 214 g/mol. The molecule has 0 aromatic carbocycles. The number of carbonyl (C=O) groups is 1. The number of rotatable bonds is 5. The van der Waals surface area contributed by atoms with E-state index in [1.807, 2.05) is 13.8 Å². The van der Waals surface area contributed by atoms with Gasteiger partial charge in [0.05, 0.1) is 0 Å². The molecule has 5 nitrogen and oxygen atoms in total. The predicted molar refractivity (Wildman–Crippen MR) is 56.3 cm³/mol. The van der Waals surface area contributed by atoms with Crippen LogP contribution in [0.25, 0.3) is 0 Å². The zero-order valence-corrected chi connectivity index (χ0v) is 9.10. The number of aromatic nitrogens is 2. The Balaban J connectivity index is 2.40. The number of nitrogens with one attached hydrogen (secondary N) is 1. The molecule has 0 unspecified atom stereocenters. The average Bonchev–Trinajstić information content (AvgIpc) is 2.52. The van der Waals surface area contributed by atoms with Crippen LogP contribution in [0.5, 0.6) is 0 Å². The Morgan fingerprint density at radius 1 is 1.64 bits per heavy atom. The fraction of sp³-hybridized carbons (Fsp3) is 0.625. The third-order valence-electron chi connectivity index (χ3n) is 1.61. The first kappa shape index (κ1) is 10.9. The van der Waals surface area contributed by atoms with E-state index in [0.29, 0.717) is 18.9 Å². The van der Waals surface area contributed by atoms with Crippen LogP contribution in [0.1, 0.15) is 32.0 Å². The van der Waals surface area contributed by atoms with Crippen molar-refractivity contribution in [1.82, 2.24) is 9.36 Å². The Kier molecular flexibility index (Phi) is 3.82. The first-order chi connectivity index (χ1) is 6.59. The van der Waals surface area contributed by atoms with Crippen molar-refractivity contribution in [2.45, 2.75) is 26.2 Å². The van der Waals surface area contributed by atoms with Crippen LogP contribution in [-0.2, 0) is 4.79 Å². The van der Waals surface area contributed by atoms with E-state index >= 15 is 0 Å². The van der Waals surface area contributed by atoms with Gasteiger partial charge in [-0.1, -0.05) is 13.8 Å². The highest BCUT2D eigenvalue weighted by Crippen LogP contribution is 2.16. The van der Waals surface area contributed by atoms with E-state index in [9.17, 15) is 4.79 Å². The fourth-order valence-electron chi connectivity index (χ4n) is 0.834. The van der Waals surface area contributed by atoms with Gasteiger partial charge in [-0.25, -0.2) is 4.98 Å². The lowest BCUT2D eigenvalue weighted by molar-refractivity contribution is -0.117. The van der Waals surface area contributed by atoms with Gasteiger partial charge >= 0.3 is 0 Å². The van der Waals surface area contributed by atoms with Crippen molar-refractivity contribution in [1.29, 1.82) is 0 Å². The summed E-state index contributed by atoms with van der Waals surface area (Å²) in [6, 6.07) is 0. The number of nitrogens with zero attached hydrogens (tertiary/aromatic N) is 2. The molecule has 1 heterocycles. The van der Waals surface area contributed by atoms with Gasteiger partial charge in [0.25, 0.3) is 0 Å². The molecular formula is C8H14N4OS. The zero-order chi connectivity index (χ0) is 10.6. The SMILES string of the molecule is CC(C)c1nsc(NCCC(N)=O)n1. The minimum Gasteiger partial charge on any atom is -0.370 e. The van der Waals surface area contributed by atoms with Crippen LogP contribution in [-0.4, -0.2) is 21.8 Å². The summed E-state index contributed by atoms with van der Waals surface area (Å²) in [6.07, 6.45) is 0.316. The second-order valence-electron chi connectivity index (χ2n) is 3.26. The van der Waals surface area contributed by atoms with Crippen LogP contribution >= 0.6 is 11.5 Å². The third kappa shape index (κ3) is 3.29. The molecule has 0 aliphatic heterocycles. The zero-order valence-electron chi connectivity index (χ0n) is 8.28. The van der Waals surface area contributed by atoms with E-state index in [4.69, 9.17) is 5.73 Å². The summed E-state index contributed by atoms with van der Waals surface area (Å²) < 4.78 is 4.17. The van der Waals surface area contributed by atoms with Gasteiger partial charge in [-0.2, -0.15) is 4.37 Å². The third-order valence-corrected chi connectivity index (χ3v) is 2.29. The quantitative estimate of drug-likeness (QED) is 0.764. The van der Waals surface area contributed by atoms with Gasteiger partial charge in [0.15, 0.2) is 0 Å². The van der Waals surface area contributed by atoms with Crippen LogP contribution in [0.2, 0.25) is 0 Å². The second kappa shape index (κ2) is 4.90. The molecule has 0 saturated carbocycles. The Morgan fingerprint density at radius 2 is 2.36 bits per heavy atom. The number of carbonyl (C=O) groups excluding carboxylic acids is 1. The van der Waals surface area contributed by atoms with E-state index in [2.05, 4.69) is 14.7 Å². The van der Waals surface area contributed by atoms with Gasteiger partial charge in [0.2, 0.25) is 11.0 Å². The van der Waals surface area contributed by atoms with Crippen LogP contribution in [0.15, 0.2) is 0 Å². The standard InChI is InChI=1S/C8H14N4OS/c1-5(2)7-11-8(14-12-7)10-4-3-6(9)13/h5H,3-4H2,1-2H3,(H2,9,13)(H,10,11,12). The number of primary amides is 1. The number of hydrogen-bond acceptors (Lipinski definition) is 5. The van der Waals surface area contributed by atoms with Crippen molar-refractivity contribution in [3.8, 4) is 0 Å². The summed E-state index contributed by atoms with van der Waals surface area (Å²) in [4.78, 5) is 14.7. The molecule has 0 aliphatic rings. The number of amides is 1. The smallest absolute Gasteiger partial charge is 0.219 e. The van der Waals surface area contributed by atoms with Gasteiger partial charge in [-0.15, -0.1) is 0 Å². The molecule has 0 spiro atoms. The minimum absolute atomic E-state index is 0.314. The molecular weight excluding hydrogens is 200 g/mol. The largest absolute Gasteiger partial charge is 0.370 e. The molecule has 0 radical (unpaired) electrons. The van der Waals surface area contributed by atoms with Crippen molar-refractivity contribution in [3.63, 3.8) is 0 Å². The summed E-state index contributed by atoms with van der Waals surface area (Å²) in [5.74, 6) is 0.848. The maximum absolute atomic E-state index is 10.5. The van der Waals surface area contributed by atoms with Gasteiger partial charge in [0.1, 0.15) is 5.82 Å². The molecule has 0 atom stereocenters. The summed E-state index contributed by atoms with van der Waals surface area (Å²) in [5, 5.41) is 3.74. The van der Waals surface area contributed by atoms with Crippen LogP contribution in [0, 0.1) is 0 Å². The predicted octanol–water partition coefficient (Wildman–Crippen LogP) is 0.949. The summed E-state index contributed by atoms with van der Waals surface area (Å²) in [7, 11) is 0. The summed E-state index contributed by atoms with van der Waals surface area (Å²) in [6.45, 7) is 4.59.